The van der Waals surface area contributed by atoms with E-state index in [1.54, 1.807) is 6.26 Å². The molecule has 4 rings (SSSR count). The molecule has 2 aliphatic rings. The van der Waals surface area contributed by atoms with Gasteiger partial charge in [-0.3, -0.25) is 14.8 Å². The normalized spacial score (nSPS) is 18.7. The van der Waals surface area contributed by atoms with Crippen molar-refractivity contribution < 1.29 is 4.42 Å². The van der Waals surface area contributed by atoms with Crippen LogP contribution in [-0.2, 0) is 0 Å². The number of likely N-dealkylation sites (tertiary alicyclic amines) is 1. The van der Waals surface area contributed by atoms with Gasteiger partial charge >= 0.3 is 0 Å². The zero-order chi connectivity index (χ0) is 22.0. The number of para-hydroxylation sites is 1. The Kier molecular flexibility index (Phi) is 10.8. The third-order valence-corrected chi connectivity index (χ3v) is 6.58. The van der Waals surface area contributed by atoms with E-state index in [2.05, 4.69) is 66.7 Å². The minimum Gasteiger partial charge on any atom is -0.468 e. The van der Waals surface area contributed by atoms with Gasteiger partial charge in [0.05, 0.1) is 12.3 Å². The highest BCUT2D eigenvalue weighted by molar-refractivity contribution is 14.0. The monoisotopic (exact) mass is 566 g/mol. The lowest BCUT2D eigenvalue weighted by molar-refractivity contribution is 0.215. The fraction of sp³-hybridized carbons (Fsp3) is 0.560. The number of nitrogens with zero attached hydrogens (tertiary/aromatic N) is 4. The van der Waals surface area contributed by atoms with Crippen LogP contribution in [-0.4, -0.2) is 81.7 Å². The average Bonchev–Trinajstić information content (AvgIpc) is 3.57. The van der Waals surface area contributed by atoms with Gasteiger partial charge in [-0.15, -0.1) is 24.0 Å². The number of benzene rings is 1. The molecule has 0 bridgehead atoms. The van der Waals surface area contributed by atoms with Gasteiger partial charge in [0.25, 0.3) is 0 Å². The number of furan rings is 1. The molecule has 0 saturated carbocycles. The topological polar surface area (TPSA) is 59.3 Å². The van der Waals surface area contributed by atoms with E-state index in [9.17, 15) is 0 Å². The Labute approximate surface area is 215 Å². The van der Waals surface area contributed by atoms with Crippen molar-refractivity contribution in [3.05, 3.63) is 54.5 Å². The van der Waals surface area contributed by atoms with Crippen molar-refractivity contribution in [2.24, 2.45) is 4.99 Å². The summed E-state index contributed by atoms with van der Waals surface area (Å²) >= 11 is 0. The summed E-state index contributed by atoms with van der Waals surface area (Å²) in [5, 5.41) is 7.00. The first-order valence-corrected chi connectivity index (χ1v) is 12.1. The first kappa shape index (κ1) is 25.8. The van der Waals surface area contributed by atoms with Crippen LogP contribution in [0.25, 0.3) is 0 Å². The fourth-order valence-electron chi connectivity index (χ4n) is 4.74. The molecule has 2 aromatic rings. The van der Waals surface area contributed by atoms with E-state index in [-0.39, 0.29) is 30.0 Å². The van der Waals surface area contributed by atoms with E-state index in [0.717, 1.165) is 77.0 Å². The maximum absolute atomic E-state index is 5.72. The predicted molar refractivity (Wildman–Crippen MR) is 147 cm³/mol. The quantitative estimate of drug-likeness (QED) is 0.210. The van der Waals surface area contributed by atoms with E-state index in [4.69, 9.17) is 4.42 Å². The molecule has 2 saturated heterocycles. The number of anilines is 1. The van der Waals surface area contributed by atoms with Crippen LogP contribution >= 0.6 is 24.0 Å². The van der Waals surface area contributed by atoms with E-state index in [1.165, 1.54) is 18.5 Å². The molecule has 0 radical (unpaired) electrons. The van der Waals surface area contributed by atoms with Gasteiger partial charge < -0.3 is 20.0 Å². The van der Waals surface area contributed by atoms with Gasteiger partial charge in [-0.05, 0) is 63.2 Å². The number of rotatable bonds is 9. The molecular weight excluding hydrogens is 527 g/mol. The van der Waals surface area contributed by atoms with Crippen molar-refractivity contribution in [2.75, 3.05) is 70.9 Å². The highest BCUT2D eigenvalue weighted by atomic mass is 127. The fourth-order valence-corrected chi connectivity index (χ4v) is 4.74. The van der Waals surface area contributed by atoms with Crippen molar-refractivity contribution in [2.45, 2.75) is 25.3 Å². The summed E-state index contributed by atoms with van der Waals surface area (Å²) in [6.45, 7) is 9.58. The smallest absolute Gasteiger partial charge is 0.191 e. The molecule has 2 aliphatic heterocycles. The Morgan fingerprint density at radius 3 is 2.39 bits per heavy atom. The van der Waals surface area contributed by atoms with Crippen molar-refractivity contribution in [1.29, 1.82) is 0 Å². The molecule has 1 aromatic carbocycles. The summed E-state index contributed by atoms with van der Waals surface area (Å²) in [5.74, 6) is 1.90. The first-order valence-electron chi connectivity index (χ1n) is 12.1. The highest BCUT2D eigenvalue weighted by Crippen LogP contribution is 2.24. The number of hydrogen-bond donors (Lipinski definition) is 2. The second-order valence-electron chi connectivity index (χ2n) is 8.67. The molecule has 8 heteroatoms. The van der Waals surface area contributed by atoms with Gasteiger partial charge in [-0.1, -0.05) is 18.2 Å². The van der Waals surface area contributed by atoms with Crippen molar-refractivity contribution in [3.63, 3.8) is 0 Å². The van der Waals surface area contributed by atoms with Crippen LogP contribution in [0.5, 0.6) is 0 Å². The standard InChI is InChI=1S/C25H38N6O.HI/c1-26-25(28-21-23(24-11-7-20-32-24)31-14-5-6-15-31)27-12-8-13-29-16-18-30(19-17-29)22-9-3-2-4-10-22;/h2-4,7,9-11,20,23H,5-6,8,12-19,21H2,1H3,(H2,26,27,28);1H. The second kappa shape index (κ2) is 13.8. The molecule has 1 aromatic heterocycles. The Balaban J connectivity index is 0.00000306. The molecule has 1 unspecified atom stereocenters. The van der Waals surface area contributed by atoms with E-state index < -0.39 is 0 Å². The van der Waals surface area contributed by atoms with Crippen LogP contribution in [0.2, 0.25) is 0 Å². The van der Waals surface area contributed by atoms with E-state index >= 15 is 0 Å². The van der Waals surface area contributed by atoms with Gasteiger partial charge in [0.1, 0.15) is 5.76 Å². The summed E-state index contributed by atoms with van der Waals surface area (Å²) < 4.78 is 5.72. The van der Waals surface area contributed by atoms with Gasteiger partial charge in [-0.2, -0.15) is 0 Å². The zero-order valence-electron chi connectivity index (χ0n) is 19.8. The Hall–Kier alpha value is -1.78. The third kappa shape index (κ3) is 7.61. The maximum Gasteiger partial charge on any atom is 0.191 e. The zero-order valence-corrected chi connectivity index (χ0v) is 22.1. The van der Waals surface area contributed by atoms with Gasteiger partial charge in [0, 0.05) is 52.0 Å². The molecule has 33 heavy (non-hydrogen) atoms. The first-order chi connectivity index (χ1) is 15.8. The van der Waals surface area contributed by atoms with Crippen molar-refractivity contribution in [1.82, 2.24) is 20.4 Å². The molecule has 1 atom stereocenters. The Bertz CT molecular complexity index is 802. The summed E-state index contributed by atoms with van der Waals surface area (Å²) in [6, 6.07) is 15.1. The lowest BCUT2D eigenvalue weighted by Gasteiger charge is -2.36. The largest absolute Gasteiger partial charge is 0.468 e. The highest BCUT2D eigenvalue weighted by Gasteiger charge is 2.25. The van der Waals surface area contributed by atoms with Crippen molar-refractivity contribution in [3.8, 4) is 0 Å². The molecular formula is C25H39IN6O. The number of nitrogens with one attached hydrogen (secondary N) is 2. The predicted octanol–water partition coefficient (Wildman–Crippen LogP) is 3.41. The summed E-state index contributed by atoms with van der Waals surface area (Å²) in [4.78, 5) is 12.0. The SMILES string of the molecule is CN=C(NCCCN1CCN(c2ccccc2)CC1)NCC(c1ccco1)N1CCCC1.I. The Morgan fingerprint density at radius 2 is 1.73 bits per heavy atom. The van der Waals surface area contributed by atoms with Gasteiger partial charge in [0.2, 0.25) is 0 Å². The maximum atomic E-state index is 5.72. The number of guanidine groups is 1. The molecule has 2 N–H and O–H groups in total. The molecule has 2 fully saturated rings. The molecule has 0 aliphatic carbocycles. The van der Waals surface area contributed by atoms with Crippen LogP contribution < -0.4 is 15.5 Å². The number of halogens is 1. The number of hydrogen-bond acceptors (Lipinski definition) is 5. The van der Waals surface area contributed by atoms with Gasteiger partial charge in [0.15, 0.2) is 5.96 Å². The second-order valence-corrected chi connectivity index (χ2v) is 8.67. The minimum absolute atomic E-state index is 0. The number of piperazine rings is 1. The van der Waals surface area contributed by atoms with Crippen LogP contribution in [0.4, 0.5) is 5.69 Å². The molecule has 182 valence electrons. The van der Waals surface area contributed by atoms with Crippen LogP contribution in [0.3, 0.4) is 0 Å². The lowest BCUT2D eigenvalue weighted by Crippen LogP contribution is -2.47. The molecule has 3 heterocycles. The summed E-state index contributed by atoms with van der Waals surface area (Å²) in [5.41, 5.74) is 1.34. The molecule has 0 spiro atoms. The molecule has 0 amide bonds. The van der Waals surface area contributed by atoms with Gasteiger partial charge in [-0.25, -0.2) is 0 Å². The van der Waals surface area contributed by atoms with E-state index in [1.807, 2.05) is 13.1 Å². The van der Waals surface area contributed by atoms with Crippen LogP contribution in [0, 0.1) is 0 Å². The van der Waals surface area contributed by atoms with Crippen LogP contribution in [0.15, 0.2) is 58.1 Å². The summed E-state index contributed by atoms with van der Waals surface area (Å²) in [7, 11) is 1.84. The minimum atomic E-state index is 0. The van der Waals surface area contributed by atoms with Crippen LogP contribution in [0.1, 0.15) is 31.1 Å². The summed E-state index contributed by atoms with van der Waals surface area (Å²) in [6.07, 6.45) is 5.42. The number of aliphatic imine (C=N–C) groups is 1. The average molecular weight is 567 g/mol. The van der Waals surface area contributed by atoms with Crippen molar-refractivity contribution >= 4 is 35.6 Å². The third-order valence-electron chi connectivity index (χ3n) is 6.58. The molecule has 7 nitrogen and oxygen atoms in total. The Morgan fingerprint density at radius 1 is 0.970 bits per heavy atom. The van der Waals surface area contributed by atoms with E-state index in [0.29, 0.717) is 0 Å². The lowest BCUT2D eigenvalue weighted by atomic mass is 10.2.